The molecule has 0 amide bonds. The Morgan fingerprint density at radius 2 is 2.11 bits per heavy atom. The largest absolute Gasteiger partial charge is 0.478 e. The molecule has 2 aromatic rings. The van der Waals surface area contributed by atoms with E-state index in [1.807, 2.05) is 13.0 Å². The van der Waals surface area contributed by atoms with Crippen molar-refractivity contribution in [1.82, 2.24) is 4.98 Å². The molecule has 0 saturated carbocycles. The van der Waals surface area contributed by atoms with Gasteiger partial charge in [0.2, 0.25) is 5.88 Å². The first kappa shape index (κ1) is 12.4. The molecule has 0 spiro atoms. The highest BCUT2D eigenvalue weighted by molar-refractivity contribution is 6.32. The molecule has 1 N–H and O–H groups in total. The van der Waals surface area contributed by atoms with Crippen molar-refractivity contribution in [3.63, 3.8) is 0 Å². The molecule has 5 heteroatoms. The Balaban J connectivity index is 2.27. The fourth-order valence-electron chi connectivity index (χ4n) is 1.39. The summed E-state index contributed by atoms with van der Waals surface area (Å²) in [5.74, 6) is -0.239. The quantitative estimate of drug-likeness (QED) is 0.920. The number of ether oxygens (including phenoxy) is 1. The SMILES string of the molecule is Cc1ccnc(Oc2ccc(C(=O)O)cc2Cl)c1. The number of carbonyl (C=O) groups is 1. The van der Waals surface area contributed by atoms with Crippen LogP contribution in [-0.2, 0) is 0 Å². The number of halogens is 1. The van der Waals surface area contributed by atoms with Gasteiger partial charge in [0.25, 0.3) is 0 Å². The number of pyridine rings is 1. The van der Waals surface area contributed by atoms with Crippen LogP contribution >= 0.6 is 11.6 Å². The van der Waals surface area contributed by atoms with Crippen LogP contribution in [0.1, 0.15) is 15.9 Å². The number of carboxylic acids is 1. The van der Waals surface area contributed by atoms with Gasteiger partial charge >= 0.3 is 5.97 Å². The molecule has 0 aliphatic heterocycles. The van der Waals surface area contributed by atoms with E-state index in [2.05, 4.69) is 4.98 Å². The van der Waals surface area contributed by atoms with Crippen molar-refractivity contribution in [1.29, 1.82) is 0 Å². The standard InChI is InChI=1S/C13H10ClNO3/c1-8-4-5-15-12(6-8)18-11-3-2-9(13(16)17)7-10(11)14/h2-7H,1H3,(H,16,17). The van der Waals surface area contributed by atoms with Crippen molar-refractivity contribution in [2.24, 2.45) is 0 Å². The number of carboxylic acid groups (broad SMARTS) is 1. The molecule has 0 atom stereocenters. The molecular weight excluding hydrogens is 254 g/mol. The van der Waals surface area contributed by atoms with Crippen molar-refractivity contribution in [2.75, 3.05) is 0 Å². The molecule has 0 radical (unpaired) electrons. The van der Waals surface area contributed by atoms with E-state index < -0.39 is 5.97 Å². The predicted molar refractivity (Wildman–Crippen MR) is 67.5 cm³/mol. The first-order valence-corrected chi connectivity index (χ1v) is 5.57. The van der Waals surface area contributed by atoms with Gasteiger partial charge in [0.05, 0.1) is 10.6 Å². The van der Waals surface area contributed by atoms with Crippen LogP contribution in [0.2, 0.25) is 5.02 Å². The number of nitrogens with zero attached hydrogens (tertiary/aromatic N) is 1. The summed E-state index contributed by atoms with van der Waals surface area (Å²) in [4.78, 5) is 14.8. The maximum Gasteiger partial charge on any atom is 0.335 e. The average Bonchev–Trinajstić information content (AvgIpc) is 2.31. The highest BCUT2D eigenvalue weighted by atomic mass is 35.5. The maximum absolute atomic E-state index is 10.8. The minimum absolute atomic E-state index is 0.115. The minimum atomic E-state index is -1.03. The summed E-state index contributed by atoms with van der Waals surface area (Å²) in [5, 5.41) is 9.05. The lowest BCUT2D eigenvalue weighted by Gasteiger charge is -2.07. The third-order valence-electron chi connectivity index (χ3n) is 2.28. The molecule has 1 aromatic heterocycles. The molecule has 0 aliphatic carbocycles. The first-order valence-electron chi connectivity index (χ1n) is 5.19. The molecule has 0 fully saturated rings. The number of hydrogen-bond donors (Lipinski definition) is 1. The smallest absolute Gasteiger partial charge is 0.335 e. The zero-order valence-corrected chi connectivity index (χ0v) is 10.3. The Kier molecular flexibility index (Phi) is 3.48. The fraction of sp³-hybridized carbons (Fsp3) is 0.0769. The van der Waals surface area contributed by atoms with Gasteiger partial charge in [0, 0.05) is 12.3 Å². The van der Waals surface area contributed by atoms with Gasteiger partial charge in [0.15, 0.2) is 0 Å². The molecule has 18 heavy (non-hydrogen) atoms. The number of aromatic carboxylic acids is 1. The van der Waals surface area contributed by atoms with E-state index in [0.29, 0.717) is 11.6 Å². The molecule has 1 heterocycles. The zero-order valence-electron chi connectivity index (χ0n) is 9.55. The van der Waals surface area contributed by atoms with Gasteiger partial charge < -0.3 is 9.84 Å². The lowest BCUT2D eigenvalue weighted by atomic mass is 10.2. The molecule has 0 aliphatic rings. The van der Waals surface area contributed by atoms with Gasteiger partial charge in [-0.1, -0.05) is 11.6 Å². The van der Waals surface area contributed by atoms with Crippen LogP contribution in [0.5, 0.6) is 11.6 Å². The summed E-state index contributed by atoms with van der Waals surface area (Å²) in [5.41, 5.74) is 1.13. The van der Waals surface area contributed by atoms with Gasteiger partial charge in [-0.25, -0.2) is 9.78 Å². The lowest BCUT2D eigenvalue weighted by Crippen LogP contribution is -1.96. The van der Waals surface area contributed by atoms with Crippen molar-refractivity contribution in [3.8, 4) is 11.6 Å². The van der Waals surface area contributed by atoms with Gasteiger partial charge in [-0.15, -0.1) is 0 Å². The van der Waals surface area contributed by atoms with Crippen LogP contribution in [0.25, 0.3) is 0 Å². The number of aromatic nitrogens is 1. The van der Waals surface area contributed by atoms with Gasteiger partial charge in [0.1, 0.15) is 5.75 Å². The fourth-order valence-corrected chi connectivity index (χ4v) is 1.61. The van der Waals surface area contributed by atoms with Crippen LogP contribution in [0.4, 0.5) is 0 Å². The summed E-state index contributed by atoms with van der Waals surface area (Å²) in [6.45, 7) is 1.92. The van der Waals surface area contributed by atoms with Crippen LogP contribution in [0, 0.1) is 6.92 Å². The van der Waals surface area contributed by atoms with Crippen molar-refractivity contribution < 1.29 is 14.6 Å². The van der Waals surface area contributed by atoms with Gasteiger partial charge in [-0.3, -0.25) is 0 Å². The van der Waals surface area contributed by atoms with E-state index in [-0.39, 0.29) is 10.6 Å². The van der Waals surface area contributed by atoms with Crippen LogP contribution in [0.3, 0.4) is 0 Å². The van der Waals surface area contributed by atoms with E-state index in [4.69, 9.17) is 21.4 Å². The molecular formula is C13H10ClNO3. The van der Waals surface area contributed by atoms with Crippen molar-refractivity contribution in [2.45, 2.75) is 6.92 Å². The van der Waals surface area contributed by atoms with Crippen LogP contribution in [0.15, 0.2) is 36.5 Å². The van der Waals surface area contributed by atoms with E-state index in [1.54, 1.807) is 12.3 Å². The first-order chi connectivity index (χ1) is 8.56. The Hall–Kier alpha value is -2.07. The van der Waals surface area contributed by atoms with Crippen molar-refractivity contribution >= 4 is 17.6 Å². The molecule has 92 valence electrons. The summed E-state index contributed by atoms with van der Waals surface area (Å²) in [6.07, 6.45) is 1.63. The highest BCUT2D eigenvalue weighted by Gasteiger charge is 2.09. The molecule has 1 aromatic carbocycles. The van der Waals surface area contributed by atoms with Crippen LogP contribution in [-0.4, -0.2) is 16.1 Å². The Morgan fingerprint density at radius 3 is 2.72 bits per heavy atom. The maximum atomic E-state index is 10.8. The number of hydrogen-bond acceptors (Lipinski definition) is 3. The summed E-state index contributed by atoms with van der Waals surface area (Å²) >= 11 is 5.95. The minimum Gasteiger partial charge on any atom is -0.478 e. The second kappa shape index (κ2) is 5.06. The molecule has 0 saturated heterocycles. The number of benzene rings is 1. The third-order valence-corrected chi connectivity index (χ3v) is 2.58. The van der Waals surface area contributed by atoms with Gasteiger partial charge in [-0.05, 0) is 36.8 Å². The topological polar surface area (TPSA) is 59.4 Å². The summed E-state index contributed by atoms with van der Waals surface area (Å²) in [7, 11) is 0. The van der Waals surface area contributed by atoms with E-state index in [9.17, 15) is 4.79 Å². The molecule has 2 rings (SSSR count). The average molecular weight is 264 g/mol. The van der Waals surface area contributed by atoms with E-state index in [0.717, 1.165) is 5.56 Å². The second-order valence-electron chi connectivity index (χ2n) is 3.72. The zero-order chi connectivity index (χ0) is 13.1. The van der Waals surface area contributed by atoms with Crippen LogP contribution < -0.4 is 4.74 Å². The lowest BCUT2D eigenvalue weighted by molar-refractivity contribution is 0.0697. The highest BCUT2D eigenvalue weighted by Crippen LogP contribution is 2.29. The Bertz CT molecular complexity index is 599. The van der Waals surface area contributed by atoms with Gasteiger partial charge in [-0.2, -0.15) is 0 Å². The van der Waals surface area contributed by atoms with E-state index >= 15 is 0 Å². The summed E-state index contributed by atoms with van der Waals surface area (Å²) in [6, 6.07) is 7.90. The third kappa shape index (κ3) is 2.78. The number of aryl methyl sites for hydroxylation is 1. The van der Waals surface area contributed by atoms with Crippen molar-refractivity contribution in [3.05, 3.63) is 52.7 Å². The molecule has 0 bridgehead atoms. The number of rotatable bonds is 3. The monoisotopic (exact) mass is 263 g/mol. The normalized spacial score (nSPS) is 10.1. The summed E-state index contributed by atoms with van der Waals surface area (Å²) < 4.78 is 5.49. The molecule has 0 unspecified atom stereocenters. The Labute approximate surface area is 109 Å². The second-order valence-corrected chi connectivity index (χ2v) is 4.13. The Morgan fingerprint density at radius 1 is 1.33 bits per heavy atom. The predicted octanol–water partition coefficient (Wildman–Crippen LogP) is 3.53. The van der Waals surface area contributed by atoms with E-state index in [1.165, 1.54) is 18.2 Å². The molecule has 4 nitrogen and oxygen atoms in total.